The molecule has 0 aliphatic heterocycles. The van der Waals surface area contributed by atoms with Gasteiger partial charge in [-0.3, -0.25) is 0 Å². The highest BCUT2D eigenvalue weighted by Crippen LogP contribution is 2.12. The van der Waals surface area contributed by atoms with E-state index in [1.165, 1.54) is 12.1 Å². The lowest BCUT2D eigenvalue weighted by Gasteiger charge is -2.07. The summed E-state index contributed by atoms with van der Waals surface area (Å²) in [6.07, 6.45) is 0. The van der Waals surface area contributed by atoms with Gasteiger partial charge in [0.2, 0.25) is 20.0 Å². The summed E-state index contributed by atoms with van der Waals surface area (Å²) in [5, 5.41) is 4.77. The van der Waals surface area contributed by atoms with E-state index in [4.69, 9.17) is 16.7 Å². The molecule has 3 N–H and O–H groups in total. The van der Waals surface area contributed by atoms with Gasteiger partial charge < -0.3 is 0 Å². The van der Waals surface area contributed by atoms with Gasteiger partial charge in [-0.1, -0.05) is 12.1 Å². The predicted molar refractivity (Wildman–Crippen MR) is 69.2 cm³/mol. The summed E-state index contributed by atoms with van der Waals surface area (Å²) < 4.78 is 47.1. The van der Waals surface area contributed by atoms with E-state index in [0.29, 0.717) is 5.56 Å². The van der Waals surface area contributed by atoms with Crippen LogP contribution in [0.3, 0.4) is 0 Å². The zero-order valence-corrected chi connectivity index (χ0v) is 11.7. The fraction of sp³-hybridized carbons (Fsp3) is 0.333. The second kappa shape index (κ2) is 5.98. The van der Waals surface area contributed by atoms with Crippen molar-refractivity contribution in [1.82, 2.24) is 4.72 Å². The second-order valence-corrected chi connectivity index (χ2v) is 7.31. The van der Waals surface area contributed by atoms with Crippen LogP contribution in [-0.4, -0.2) is 29.1 Å². The first-order chi connectivity index (χ1) is 8.24. The van der Waals surface area contributed by atoms with Gasteiger partial charge in [0.25, 0.3) is 0 Å². The first-order valence-corrected chi connectivity index (χ1v) is 8.63. The number of halogens is 1. The summed E-state index contributed by atoms with van der Waals surface area (Å²) in [5.74, 6) is -0.262. The minimum atomic E-state index is -3.74. The smallest absolute Gasteiger partial charge is 0.229 e. The lowest BCUT2D eigenvalue weighted by molar-refractivity contribution is 0.581. The molecule has 1 rings (SSSR count). The fourth-order valence-electron chi connectivity index (χ4n) is 1.20. The van der Waals surface area contributed by atoms with E-state index in [9.17, 15) is 16.8 Å². The average molecular weight is 313 g/mol. The molecule has 0 unspecified atom stereocenters. The van der Waals surface area contributed by atoms with Gasteiger partial charge in [-0.2, -0.15) is 0 Å². The molecule has 0 aliphatic carbocycles. The van der Waals surface area contributed by atoms with Gasteiger partial charge in [0, 0.05) is 12.4 Å². The Bertz CT molecular complexity index is 613. The summed E-state index contributed by atoms with van der Waals surface area (Å²) in [6.45, 7) is -0.272. The van der Waals surface area contributed by atoms with Crippen molar-refractivity contribution in [2.45, 2.75) is 10.8 Å². The van der Waals surface area contributed by atoms with Crippen molar-refractivity contribution in [3.8, 4) is 0 Å². The van der Waals surface area contributed by atoms with E-state index in [-0.39, 0.29) is 17.3 Å². The first kappa shape index (κ1) is 15.4. The molecule has 1 aromatic carbocycles. The maximum Gasteiger partial charge on any atom is 0.240 e. The SMILES string of the molecule is NS(=O)(=O)CCNS(=O)(=O)c1cccc(CCl)c1. The molecule has 0 radical (unpaired) electrons. The molecule has 0 fully saturated rings. The molecule has 18 heavy (non-hydrogen) atoms. The minimum Gasteiger partial charge on any atom is -0.229 e. The Morgan fingerprint density at radius 1 is 1.22 bits per heavy atom. The van der Waals surface area contributed by atoms with Crippen molar-refractivity contribution in [2.24, 2.45) is 5.14 Å². The molecule has 0 spiro atoms. The van der Waals surface area contributed by atoms with E-state index in [1.807, 2.05) is 0 Å². The van der Waals surface area contributed by atoms with Crippen LogP contribution < -0.4 is 9.86 Å². The predicted octanol–water partition coefficient (Wildman–Crippen LogP) is -0.00780. The Balaban J connectivity index is 2.80. The molecule has 0 amide bonds. The molecule has 0 aromatic heterocycles. The van der Waals surface area contributed by atoms with Crippen LogP contribution in [0.25, 0.3) is 0 Å². The summed E-state index contributed by atoms with van der Waals surface area (Å²) in [4.78, 5) is 0.0371. The van der Waals surface area contributed by atoms with Gasteiger partial charge in [-0.15, -0.1) is 11.6 Å². The van der Waals surface area contributed by atoms with Crippen LogP contribution >= 0.6 is 11.6 Å². The van der Waals surface area contributed by atoms with Crippen LogP contribution in [0.2, 0.25) is 0 Å². The standard InChI is InChI=1S/C9H13ClN2O4S2/c10-7-8-2-1-3-9(6-8)18(15,16)12-4-5-17(11,13)14/h1-3,6,12H,4-5,7H2,(H2,11,13,14). The van der Waals surface area contributed by atoms with Gasteiger partial charge in [0.1, 0.15) is 0 Å². The number of hydrogen-bond donors (Lipinski definition) is 2. The van der Waals surface area contributed by atoms with E-state index in [0.717, 1.165) is 0 Å². The maximum atomic E-state index is 11.8. The zero-order chi connectivity index (χ0) is 13.8. The Morgan fingerprint density at radius 2 is 1.89 bits per heavy atom. The Hall–Kier alpha value is -0.670. The van der Waals surface area contributed by atoms with Crippen LogP contribution in [0.1, 0.15) is 5.56 Å². The fourth-order valence-corrected chi connectivity index (χ4v) is 2.98. The molecule has 0 bridgehead atoms. The Kier molecular flexibility index (Phi) is 5.11. The van der Waals surface area contributed by atoms with Crippen molar-refractivity contribution >= 4 is 31.6 Å². The second-order valence-electron chi connectivity index (χ2n) is 3.55. The number of nitrogens with one attached hydrogen (secondary N) is 1. The lowest BCUT2D eigenvalue weighted by atomic mass is 10.2. The number of hydrogen-bond acceptors (Lipinski definition) is 4. The summed E-state index contributed by atoms with van der Waals surface area (Å²) in [7, 11) is -7.43. The van der Waals surface area contributed by atoms with E-state index >= 15 is 0 Å². The van der Waals surface area contributed by atoms with Crippen molar-refractivity contribution in [3.63, 3.8) is 0 Å². The Morgan fingerprint density at radius 3 is 2.44 bits per heavy atom. The molecule has 9 heteroatoms. The third-order valence-electron chi connectivity index (χ3n) is 2.04. The number of alkyl halides is 1. The van der Waals surface area contributed by atoms with Crippen molar-refractivity contribution < 1.29 is 16.8 Å². The van der Waals surface area contributed by atoms with Gasteiger partial charge >= 0.3 is 0 Å². The van der Waals surface area contributed by atoms with E-state index in [1.54, 1.807) is 12.1 Å². The molecule has 1 aromatic rings. The summed E-state index contributed by atoms with van der Waals surface area (Å²) in [6, 6.07) is 6.07. The lowest BCUT2D eigenvalue weighted by Crippen LogP contribution is -2.31. The van der Waals surface area contributed by atoms with Gasteiger partial charge in [0.05, 0.1) is 10.6 Å². The number of rotatable bonds is 6. The van der Waals surface area contributed by atoms with Crippen LogP contribution in [0.4, 0.5) is 0 Å². The van der Waals surface area contributed by atoms with Crippen LogP contribution in [0, 0.1) is 0 Å². The van der Waals surface area contributed by atoms with Gasteiger partial charge in [-0.05, 0) is 17.7 Å². The topological polar surface area (TPSA) is 106 Å². The largest absolute Gasteiger partial charge is 0.240 e. The quantitative estimate of drug-likeness (QED) is 0.721. The molecule has 0 saturated carbocycles. The normalized spacial score (nSPS) is 12.6. The summed E-state index contributed by atoms with van der Waals surface area (Å²) >= 11 is 5.60. The average Bonchev–Trinajstić information content (AvgIpc) is 2.27. The maximum absolute atomic E-state index is 11.8. The molecule has 0 saturated heterocycles. The van der Waals surface area contributed by atoms with E-state index < -0.39 is 25.8 Å². The number of benzene rings is 1. The van der Waals surface area contributed by atoms with Crippen LogP contribution in [0.15, 0.2) is 29.2 Å². The zero-order valence-electron chi connectivity index (χ0n) is 9.34. The number of primary sulfonamides is 1. The van der Waals surface area contributed by atoms with Crippen molar-refractivity contribution in [3.05, 3.63) is 29.8 Å². The summed E-state index contributed by atoms with van der Waals surface area (Å²) in [5.41, 5.74) is 0.658. The number of nitrogens with two attached hydrogens (primary N) is 1. The molecule has 102 valence electrons. The molecule has 0 atom stereocenters. The highest BCUT2D eigenvalue weighted by molar-refractivity contribution is 7.90. The highest BCUT2D eigenvalue weighted by Gasteiger charge is 2.14. The monoisotopic (exact) mass is 312 g/mol. The molecule has 0 aliphatic rings. The Labute approximate surface area is 111 Å². The molecule has 0 heterocycles. The van der Waals surface area contributed by atoms with Gasteiger partial charge in [0.15, 0.2) is 0 Å². The highest BCUT2D eigenvalue weighted by atomic mass is 35.5. The third kappa shape index (κ3) is 4.91. The van der Waals surface area contributed by atoms with Crippen LogP contribution in [-0.2, 0) is 25.9 Å². The number of sulfonamides is 2. The third-order valence-corrected chi connectivity index (χ3v) is 4.58. The van der Waals surface area contributed by atoms with Crippen LogP contribution in [0.5, 0.6) is 0 Å². The molecular formula is C9H13ClN2O4S2. The van der Waals surface area contributed by atoms with Crippen molar-refractivity contribution in [1.29, 1.82) is 0 Å². The first-order valence-electron chi connectivity index (χ1n) is 4.90. The van der Waals surface area contributed by atoms with Gasteiger partial charge in [-0.25, -0.2) is 26.7 Å². The minimum absolute atomic E-state index is 0.0371. The molecular weight excluding hydrogens is 300 g/mol. The molecule has 6 nitrogen and oxygen atoms in total. The van der Waals surface area contributed by atoms with E-state index in [2.05, 4.69) is 4.72 Å². The van der Waals surface area contributed by atoms with Crippen molar-refractivity contribution in [2.75, 3.05) is 12.3 Å².